The Morgan fingerprint density at radius 2 is 2.00 bits per heavy atom. The number of nitrogens with one attached hydrogen (secondary N) is 2. The van der Waals surface area contributed by atoms with E-state index in [9.17, 15) is 9.59 Å². The Kier molecular flexibility index (Phi) is 2.98. The molecule has 3 rings (SSSR count). The third-order valence-corrected chi connectivity index (χ3v) is 3.41. The first-order valence-electron chi connectivity index (χ1n) is 6.35. The number of H-pyrrole nitrogens is 1. The molecule has 0 fully saturated rings. The number of carbonyl (C=O) groups excluding carboxylic acids is 1. The number of aromatic nitrogens is 2. The third kappa shape index (κ3) is 2.27. The van der Waals surface area contributed by atoms with Crippen LogP contribution >= 0.6 is 0 Å². The van der Waals surface area contributed by atoms with Crippen LogP contribution in [-0.2, 0) is 12.8 Å². The number of hydrogen-bond donors (Lipinski definition) is 3. The number of aryl methyl sites for hydroxylation is 2. The zero-order valence-electron chi connectivity index (χ0n) is 10.6. The van der Waals surface area contributed by atoms with E-state index in [1.165, 1.54) is 17.2 Å². The Balaban J connectivity index is 1.77. The molecule has 1 aliphatic carbocycles. The second-order valence-electron chi connectivity index (χ2n) is 4.76. The number of anilines is 1. The van der Waals surface area contributed by atoms with E-state index < -0.39 is 5.97 Å². The van der Waals surface area contributed by atoms with Gasteiger partial charge < -0.3 is 10.4 Å². The molecule has 1 aliphatic rings. The van der Waals surface area contributed by atoms with Crippen LogP contribution < -0.4 is 5.32 Å². The molecule has 1 aromatic carbocycles. The van der Waals surface area contributed by atoms with Gasteiger partial charge in [-0.05, 0) is 42.5 Å². The van der Waals surface area contributed by atoms with Gasteiger partial charge in [-0.3, -0.25) is 9.89 Å². The normalized spacial score (nSPS) is 13.0. The van der Waals surface area contributed by atoms with Gasteiger partial charge in [0.2, 0.25) is 0 Å². The number of carbonyl (C=O) groups is 2. The zero-order valence-corrected chi connectivity index (χ0v) is 10.6. The SMILES string of the molecule is O=C(Nc1cc(C(=O)O)[nH]n1)c1ccc2c(c1)CCC2. The average molecular weight is 271 g/mol. The molecular weight excluding hydrogens is 258 g/mol. The lowest BCUT2D eigenvalue weighted by molar-refractivity contribution is 0.0690. The number of fused-ring (bicyclic) bond motifs is 1. The molecule has 2 aromatic rings. The molecule has 102 valence electrons. The van der Waals surface area contributed by atoms with Crippen LogP contribution in [0.5, 0.6) is 0 Å². The van der Waals surface area contributed by atoms with Crippen molar-refractivity contribution in [3.8, 4) is 0 Å². The highest BCUT2D eigenvalue weighted by atomic mass is 16.4. The Bertz CT molecular complexity index is 691. The van der Waals surface area contributed by atoms with E-state index in [4.69, 9.17) is 5.11 Å². The van der Waals surface area contributed by atoms with Gasteiger partial charge in [0.05, 0.1) is 0 Å². The molecule has 0 bridgehead atoms. The molecule has 1 heterocycles. The number of amides is 1. The molecule has 0 aliphatic heterocycles. The van der Waals surface area contributed by atoms with E-state index in [0.29, 0.717) is 5.56 Å². The molecule has 0 radical (unpaired) electrons. The summed E-state index contributed by atoms with van der Waals surface area (Å²) in [6.45, 7) is 0. The first-order valence-corrected chi connectivity index (χ1v) is 6.35. The van der Waals surface area contributed by atoms with Crippen molar-refractivity contribution >= 4 is 17.7 Å². The molecule has 0 unspecified atom stereocenters. The summed E-state index contributed by atoms with van der Waals surface area (Å²) < 4.78 is 0. The van der Waals surface area contributed by atoms with Crippen LogP contribution in [0.3, 0.4) is 0 Å². The Hall–Kier alpha value is -2.63. The molecule has 3 N–H and O–H groups in total. The molecule has 0 spiro atoms. The van der Waals surface area contributed by atoms with E-state index >= 15 is 0 Å². The smallest absolute Gasteiger partial charge is 0.353 e. The fraction of sp³-hybridized carbons (Fsp3) is 0.214. The van der Waals surface area contributed by atoms with Gasteiger partial charge in [0.1, 0.15) is 5.69 Å². The summed E-state index contributed by atoms with van der Waals surface area (Å²) in [4.78, 5) is 22.8. The van der Waals surface area contributed by atoms with Crippen molar-refractivity contribution in [2.75, 3.05) is 5.32 Å². The number of nitrogens with zero attached hydrogens (tertiary/aromatic N) is 1. The first-order chi connectivity index (χ1) is 9.63. The number of carboxylic acids is 1. The van der Waals surface area contributed by atoms with Gasteiger partial charge in [-0.2, -0.15) is 5.10 Å². The lowest BCUT2D eigenvalue weighted by atomic mass is 10.1. The van der Waals surface area contributed by atoms with E-state index in [-0.39, 0.29) is 17.4 Å². The van der Waals surface area contributed by atoms with Crippen LogP contribution in [0.1, 0.15) is 38.4 Å². The fourth-order valence-corrected chi connectivity index (χ4v) is 2.40. The van der Waals surface area contributed by atoms with E-state index in [2.05, 4.69) is 15.5 Å². The van der Waals surface area contributed by atoms with Gasteiger partial charge in [-0.25, -0.2) is 4.79 Å². The summed E-state index contributed by atoms with van der Waals surface area (Å²) >= 11 is 0. The van der Waals surface area contributed by atoms with Crippen LogP contribution in [0.15, 0.2) is 24.3 Å². The number of hydrogen-bond acceptors (Lipinski definition) is 3. The number of carboxylic acid groups (broad SMARTS) is 1. The van der Waals surface area contributed by atoms with Crippen LogP contribution in [0.2, 0.25) is 0 Å². The van der Waals surface area contributed by atoms with Crippen molar-refractivity contribution < 1.29 is 14.7 Å². The maximum Gasteiger partial charge on any atom is 0.353 e. The summed E-state index contributed by atoms with van der Waals surface area (Å²) in [5, 5.41) is 17.4. The van der Waals surface area contributed by atoms with Gasteiger partial charge in [-0.1, -0.05) is 6.07 Å². The number of benzene rings is 1. The fourth-order valence-electron chi connectivity index (χ4n) is 2.40. The highest BCUT2D eigenvalue weighted by Crippen LogP contribution is 2.23. The standard InChI is InChI=1S/C14H13N3O3/c18-13(15-12-7-11(14(19)20)16-17-12)10-5-4-8-2-1-3-9(8)6-10/h4-7H,1-3H2,(H,19,20)(H2,15,16,17,18). The zero-order chi connectivity index (χ0) is 14.1. The maximum atomic E-state index is 12.1. The lowest BCUT2D eigenvalue weighted by Crippen LogP contribution is -2.12. The van der Waals surface area contributed by atoms with Gasteiger partial charge in [0, 0.05) is 11.6 Å². The number of rotatable bonds is 3. The van der Waals surface area contributed by atoms with Crippen LogP contribution in [0.4, 0.5) is 5.82 Å². The van der Waals surface area contributed by atoms with Crippen LogP contribution in [-0.4, -0.2) is 27.2 Å². The first kappa shape index (κ1) is 12.4. The third-order valence-electron chi connectivity index (χ3n) is 3.41. The molecule has 6 heteroatoms. The number of aromatic amines is 1. The Labute approximate surface area is 114 Å². The summed E-state index contributed by atoms with van der Waals surface area (Å²) in [6, 6.07) is 6.94. The monoisotopic (exact) mass is 271 g/mol. The minimum absolute atomic E-state index is 0.0609. The minimum atomic E-state index is -1.12. The van der Waals surface area contributed by atoms with E-state index in [1.54, 1.807) is 6.07 Å². The largest absolute Gasteiger partial charge is 0.477 e. The molecule has 1 aromatic heterocycles. The van der Waals surface area contributed by atoms with Gasteiger partial charge >= 0.3 is 5.97 Å². The average Bonchev–Trinajstić information content (AvgIpc) is 3.05. The van der Waals surface area contributed by atoms with Crippen molar-refractivity contribution in [1.82, 2.24) is 10.2 Å². The minimum Gasteiger partial charge on any atom is -0.477 e. The predicted molar refractivity (Wildman–Crippen MR) is 72.0 cm³/mol. The van der Waals surface area contributed by atoms with Gasteiger partial charge in [0.15, 0.2) is 5.82 Å². The second-order valence-corrected chi connectivity index (χ2v) is 4.76. The van der Waals surface area contributed by atoms with Crippen molar-refractivity contribution in [2.24, 2.45) is 0 Å². The molecule has 1 amide bonds. The maximum absolute atomic E-state index is 12.1. The van der Waals surface area contributed by atoms with E-state index in [1.807, 2.05) is 12.1 Å². The second kappa shape index (κ2) is 4.80. The topological polar surface area (TPSA) is 95.1 Å². The molecule has 6 nitrogen and oxygen atoms in total. The van der Waals surface area contributed by atoms with Crippen molar-refractivity contribution in [3.63, 3.8) is 0 Å². The molecular formula is C14H13N3O3. The predicted octanol–water partition coefficient (Wildman–Crippen LogP) is 1.85. The van der Waals surface area contributed by atoms with Crippen LogP contribution in [0, 0.1) is 0 Å². The molecule has 0 saturated carbocycles. The Morgan fingerprint density at radius 3 is 2.75 bits per heavy atom. The molecule has 0 saturated heterocycles. The van der Waals surface area contributed by atoms with Crippen LogP contribution in [0.25, 0.3) is 0 Å². The van der Waals surface area contributed by atoms with Gasteiger partial charge in [0.25, 0.3) is 5.91 Å². The van der Waals surface area contributed by atoms with Crippen molar-refractivity contribution in [2.45, 2.75) is 19.3 Å². The Morgan fingerprint density at radius 1 is 1.20 bits per heavy atom. The summed E-state index contributed by atoms with van der Waals surface area (Å²) in [5.74, 6) is -1.20. The highest BCUT2D eigenvalue weighted by molar-refractivity contribution is 6.04. The summed E-state index contributed by atoms with van der Waals surface area (Å²) in [6.07, 6.45) is 3.20. The number of aromatic carboxylic acids is 1. The van der Waals surface area contributed by atoms with E-state index in [0.717, 1.165) is 19.3 Å². The summed E-state index contributed by atoms with van der Waals surface area (Å²) in [5.41, 5.74) is 3.01. The van der Waals surface area contributed by atoms with Crippen molar-refractivity contribution in [3.05, 3.63) is 46.6 Å². The highest BCUT2D eigenvalue weighted by Gasteiger charge is 2.15. The quantitative estimate of drug-likeness (QED) is 0.793. The lowest BCUT2D eigenvalue weighted by Gasteiger charge is -2.04. The summed E-state index contributed by atoms with van der Waals surface area (Å²) in [7, 11) is 0. The molecule has 20 heavy (non-hydrogen) atoms. The molecule has 0 atom stereocenters. The van der Waals surface area contributed by atoms with Gasteiger partial charge in [-0.15, -0.1) is 0 Å². The van der Waals surface area contributed by atoms with Crippen molar-refractivity contribution in [1.29, 1.82) is 0 Å².